The fraction of sp³-hybridized carbons (Fsp3) is 0.935. The van der Waals surface area contributed by atoms with Crippen LogP contribution in [0, 0.1) is 0 Å². The maximum absolute atomic E-state index is 13.0. The van der Waals surface area contributed by atoms with E-state index < -0.39 is 24.3 Å². The lowest BCUT2D eigenvalue weighted by Gasteiger charge is -2.26. The number of ether oxygens (including phenoxy) is 4. The molecule has 9 nitrogen and oxygen atoms in total. The quantitative estimate of drug-likeness (QED) is 0.0195. The van der Waals surface area contributed by atoms with Crippen LogP contribution in [0.5, 0.6) is 0 Å². The van der Waals surface area contributed by atoms with Gasteiger partial charge in [-0.05, 0) is 38.5 Å². The zero-order chi connectivity index (χ0) is 62.6. The van der Waals surface area contributed by atoms with E-state index in [1.807, 2.05) is 21.1 Å². The summed E-state index contributed by atoms with van der Waals surface area (Å²) in [5, 5.41) is 11.8. The molecule has 0 saturated heterocycles. The molecule has 0 aliphatic heterocycles. The van der Waals surface area contributed by atoms with Crippen molar-refractivity contribution < 1.29 is 42.9 Å². The third kappa shape index (κ3) is 69.5. The summed E-state index contributed by atoms with van der Waals surface area (Å²) < 4.78 is 22.9. The van der Waals surface area contributed by atoms with Crippen LogP contribution in [-0.2, 0) is 33.3 Å². The third-order valence-electron chi connectivity index (χ3n) is 17.8. The summed E-state index contributed by atoms with van der Waals surface area (Å²) in [6, 6.07) is 0. The molecule has 0 N–H and O–H groups in total. The number of likely N-dealkylation sites (N-methyl/N-ethyl adjacent to an activating group) is 1. The number of nitrogens with zero attached hydrogens (tertiary/aromatic N) is 1. The Morgan fingerprint density at radius 1 is 0.337 bits per heavy atom. The van der Waals surface area contributed by atoms with Crippen molar-refractivity contribution in [3.8, 4) is 0 Å². The SMILES string of the molecule is CCCCCCCCCC/C=C\CCCCCCCCCCCCCCCCCCCCCC(=O)OC(COC(=O)CCCCCCCCCCCCCCCCCCCCCCCCCCCCCCCC)COC(OCC[N+](C)(C)C)C(=O)[O-]. The Hall–Kier alpha value is -1.97. The number of quaternary nitrogens is 1. The van der Waals surface area contributed by atoms with Crippen LogP contribution in [0.15, 0.2) is 12.2 Å². The largest absolute Gasteiger partial charge is 0.545 e. The number of aliphatic carboxylic acids is 1. The molecule has 0 bridgehead atoms. The number of carboxylic acids is 1. The highest BCUT2D eigenvalue weighted by Crippen LogP contribution is 2.20. The molecule has 2 atom stereocenters. The minimum Gasteiger partial charge on any atom is -0.545 e. The molecule has 0 aromatic rings. The molecule has 0 spiro atoms. The van der Waals surface area contributed by atoms with Gasteiger partial charge in [0, 0.05) is 12.8 Å². The van der Waals surface area contributed by atoms with Crippen LogP contribution in [0.4, 0.5) is 0 Å². The van der Waals surface area contributed by atoms with E-state index in [0.717, 1.165) is 38.5 Å². The predicted octanol–water partition coefficient (Wildman–Crippen LogP) is 22.6. The Bertz CT molecular complexity index is 1410. The van der Waals surface area contributed by atoms with Gasteiger partial charge in [-0.3, -0.25) is 9.59 Å². The fourth-order valence-corrected chi connectivity index (χ4v) is 11.9. The molecule has 0 aromatic carbocycles. The second kappa shape index (κ2) is 68.9. The molecule has 0 radical (unpaired) electrons. The van der Waals surface area contributed by atoms with Crippen molar-refractivity contribution in [2.45, 2.75) is 418 Å². The number of unbranched alkanes of at least 4 members (excludes halogenated alkanes) is 56. The van der Waals surface area contributed by atoms with Gasteiger partial charge in [-0.2, -0.15) is 0 Å². The number of hydrogen-bond acceptors (Lipinski definition) is 8. The summed E-state index contributed by atoms with van der Waals surface area (Å²) in [7, 11) is 5.95. The Balaban J connectivity index is 3.99. The number of carbonyl (C=O) groups excluding carboxylic acids is 3. The van der Waals surface area contributed by atoms with Crippen LogP contribution in [0.1, 0.15) is 406 Å². The van der Waals surface area contributed by atoms with E-state index >= 15 is 0 Å². The van der Waals surface area contributed by atoms with Crippen molar-refractivity contribution >= 4 is 17.9 Å². The summed E-state index contributed by atoms with van der Waals surface area (Å²) in [6.07, 6.45) is 81.9. The van der Waals surface area contributed by atoms with E-state index in [-0.39, 0.29) is 32.2 Å². The van der Waals surface area contributed by atoms with Crippen molar-refractivity contribution in [2.75, 3.05) is 47.5 Å². The van der Waals surface area contributed by atoms with Crippen molar-refractivity contribution in [2.24, 2.45) is 0 Å². The minimum absolute atomic E-state index is 0.153. The molecular weight excluding hydrogens is 1070 g/mol. The van der Waals surface area contributed by atoms with Crippen LogP contribution < -0.4 is 5.11 Å². The summed E-state index contributed by atoms with van der Waals surface area (Å²) in [5.41, 5.74) is 0. The lowest BCUT2D eigenvalue weighted by molar-refractivity contribution is -0.870. The first kappa shape index (κ1) is 84.0. The molecule has 86 heavy (non-hydrogen) atoms. The van der Waals surface area contributed by atoms with Crippen LogP contribution in [0.25, 0.3) is 0 Å². The van der Waals surface area contributed by atoms with Gasteiger partial charge in [-0.1, -0.05) is 366 Å². The molecule has 0 fully saturated rings. The molecule has 2 unspecified atom stereocenters. The normalized spacial score (nSPS) is 12.6. The Labute approximate surface area is 535 Å². The van der Waals surface area contributed by atoms with Gasteiger partial charge in [-0.25, -0.2) is 0 Å². The summed E-state index contributed by atoms with van der Waals surface area (Å²) >= 11 is 0. The Morgan fingerprint density at radius 3 is 0.860 bits per heavy atom. The lowest BCUT2D eigenvalue weighted by atomic mass is 10.0. The molecule has 0 aliphatic carbocycles. The predicted molar refractivity (Wildman–Crippen MR) is 367 cm³/mol. The molecule has 0 aliphatic rings. The van der Waals surface area contributed by atoms with Gasteiger partial charge >= 0.3 is 11.9 Å². The molecule has 9 heteroatoms. The van der Waals surface area contributed by atoms with Gasteiger partial charge in [0.05, 0.1) is 40.3 Å². The van der Waals surface area contributed by atoms with E-state index in [2.05, 4.69) is 26.0 Å². The third-order valence-corrected chi connectivity index (χ3v) is 17.8. The number of allylic oxidation sites excluding steroid dienone is 2. The first-order chi connectivity index (χ1) is 42.1. The van der Waals surface area contributed by atoms with E-state index in [1.165, 1.54) is 340 Å². The molecule has 0 amide bonds. The van der Waals surface area contributed by atoms with Crippen molar-refractivity contribution in [3.05, 3.63) is 12.2 Å². The fourth-order valence-electron chi connectivity index (χ4n) is 11.9. The second-order valence-electron chi connectivity index (χ2n) is 27.7. The van der Waals surface area contributed by atoms with E-state index in [4.69, 9.17) is 18.9 Å². The van der Waals surface area contributed by atoms with E-state index in [1.54, 1.807) is 0 Å². The zero-order valence-corrected chi connectivity index (χ0v) is 58.5. The van der Waals surface area contributed by atoms with Crippen LogP contribution in [0.2, 0.25) is 0 Å². The van der Waals surface area contributed by atoms with E-state index in [9.17, 15) is 19.5 Å². The van der Waals surface area contributed by atoms with Gasteiger partial charge in [0.2, 0.25) is 0 Å². The highest BCUT2D eigenvalue weighted by molar-refractivity contribution is 5.70. The highest BCUT2D eigenvalue weighted by atomic mass is 16.7. The molecule has 0 aromatic heterocycles. The molecule has 0 saturated carbocycles. The van der Waals surface area contributed by atoms with E-state index in [0.29, 0.717) is 17.4 Å². The number of hydrogen-bond donors (Lipinski definition) is 0. The standard InChI is InChI=1S/C77H149NO8/c1-6-8-10-12-14-16-18-20-22-24-26-28-30-32-34-36-38-40-42-44-46-48-50-52-54-56-58-60-62-64-66-68-75(80)86-73(72-85-77(76(81)82)83-70-69-78(3,4)5)71-84-74(79)67-65-63-61-59-57-55-53-51-49-47-45-43-41-39-37-35-33-31-29-27-25-23-21-19-17-15-13-11-9-7-2/h24,26,73,77H,6-23,25,27-72H2,1-5H3/b26-24-. The smallest absolute Gasteiger partial charge is 0.306 e. The maximum atomic E-state index is 13.0. The summed E-state index contributed by atoms with van der Waals surface area (Å²) in [6.45, 7) is 4.84. The number of rotatable bonds is 73. The van der Waals surface area contributed by atoms with Crippen molar-refractivity contribution in [3.63, 3.8) is 0 Å². The maximum Gasteiger partial charge on any atom is 0.306 e. The average Bonchev–Trinajstić information content (AvgIpc) is 3.64. The minimum atomic E-state index is -1.62. The number of esters is 2. The average molecular weight is 1220 g/mol. The van der Waals surface area contributed by atoms with Gasteiger partial charge in [-0.15, -0.1) is 0 Å². The van der Waals surface area contributed by atoms with Crippen LogP contribution in [0.3, 0.4) is 0 Å². The van der Waals surface area contributed by atoms with Gasteiger partial charge in [0.15, 0.2) is 12.4 Å². The molecule has 0 rings (SSSR count). The zero-order valence-electron chi connectivity index (χ0n) is 58.5. The molecule has 510 valence electrons. The van der Waals surface area contributed by atoms with Crippen molar-refractivity contribution in [1.82, 2.24) is 0 Å². The number of carboxylic acid groups (broad SMARTS) is 1. The summed E-state index contributed by atoms with van der Waals surface area (Å²) in [4.78, 5) is 37.6. The topological polar surface area (TPSA) is 111 Å². The lowest BCUT2D eigenvalue weighted by Crippen LogP contribution is -2.44. The first-order valence-electron chi connectivity index (χ1n) is 38.3. The van der Waals surface area contributed by atoms with Gasteiger partial charge < -0.3 is 33.3 Å². The van der Waals surface area contributed by atoms with Gasteiger partial charge in [0.25, 0.3) is 0 Å². The monoisotopic (exact) mass is 1220 g/mol. The number of carbonyl (C=O) groups is 3. The van der Waals surface area contributed by atoms with Gasteiger partial charge in [0.1, 0.15) is 13.2 Å². The highest BCUT2D eigenvalue weighted by Gasteiger charge is 2.22. The Kier molecular flexibility index (Phi) is 67.4. The van der Waals surface area contributed by atoms with Crippen LogP contribution in [-0.4, -0.2) is 82.3 Å². The van der Waals surface area contributed by atoms with Crippen LogP contribution >= 0.6 is 0 Å². The molecular formula is C77H149NO8. The Morgan fingerprint density at radius 2 is 0.593 bits per heavy atom. The summed E-state index contributed by atoms with van der Waals surface area (Å²) in [5.74, 6) is -2.24. The molecule has 0 heterocycles. The second-order valence-corrected chi connectivity index (χ2v) is 27.7. The first-order valence-corrected chi connectivity index (χ1v) is 38.3. The van der Waals surface area contributed by atoms with Crippen molar-refractivity contribution in [1.29, 1.82) is 0 Å².